The van der Waals surface area contributed by atoms with Crippen LogP contribution in [-0.4, -0.2) is 4.57 Å². The Hall–Kier alpha value is -4.56. The third-order valence-corrected chi connectivity index (χ3v) is 8.08. The molecule has 7 rings (SSSR count). The molecule has 0 bridgehead atoms. The van der Waals surface area contributed by atoms with Gasteiger partial charge in [-0.25, -0.2) is 0 Å². The second-order valence-corrected chi connectivity index (χ2v) is 10.8. The normalized spacial score (nSPS) is 13.3. The van der Waals surface area contributed by atoms with Gasteiger partial charge < -0.3 is 9.47 Å². The highest BCUT2D eigenvalue weighted by Gasteiger charge is 2.36. The maximum Gasteiger partial charge on any atom is 0.0531 e. The Kier molecular flexibility index (Phi) is 5.06. The van der Waals surface area contributed by atoms with Crippen LogP contribution in [0.5, 0.6) is 0 Å². The van der Waals surface area contributed by atoms with Crippen molar-refractivity contribution in [2.75, 3.05) is 4.90 Å². The van der Waals surface area contributed by atoms with Gasteiger partial charge in [0.15, 0.2) is 0 Å². The van der Waals surface area contributed by atoms with E-state index in [9.17, 15) is 0 Å². The van der Waals surface area contributed by atoms with Crippen LogP contribution >= 0.6 is 0 Å². The zero-order valence-corrected chi connectivity index (χ0v) is 22.0. The lowest BCUT2D eigenvalue weighted by molar-refractivity contribution is 0.660. The number of benzene rings is 5. The minimum Gasteiger partial charge on any atom is -0.314 e. The van der Waals surface area contributed by atoms with Gasteiger partial charge in [-0.3, -0.25) is 0 Å². The average molecular weight is 491 g/mol. The van der Waals surface area contributed by atoms with Gasteiger partial charge in [-0.1, -0.05) is 80.6 Å². The smallest absolute Gasteiger partial charge is 0.0531 e. The fourth-order valence-corrected chi connectivity index (χ4v) is 6.23. The van der Waals surface area contributed by atoms with Crippen LogP contribution in [0.15, 0.2) is 127 Å². The number of para-hydroxylation sites is 3. The van der Waals surface area contributed by atoms with E-state index in [1.807, 2.05) is 0 Å². The van der Waals surface area contributed by atoms with Crippen LogP contribution in [0, 0.1) is 6.92 Å². The minimum atomic E-state index is -0.118. The van der Waals surface area contributed by atoms with Crippen molar-refractivity contribution in [1.82, 2.24) is 4.57 Å². The van der Waals surface area contributed by atoms with Crippen molar-refractivity contribution in [3.63, 3.8) is 0 Å². The third kappa shape index (κ3) is 3.41. The van der Waals surface area contributed by atoms with Gasteiger partial charge in [-0.05, 0) is 89.8 Å². The SMILES string of the molecule is Cc1cc2ccccc2n1-c1ccc2c(c1)C(C)(C)c1cc(N(c3ccccc3)c3ccccc3)ccc1-2. The topological polar surface area (TPSA) is 8.17 Å². The lowest BCUT2D eigenvalue weighted by Gasteiger charge is -2.28. The maximum absolute atomic E-state index is 2.40. The van der Waals surface area contributed by atoms with Gasteiger partial charge in [0.2, 0.25) is 0 Å². The van der Waals surface area contributed by atoms with Gasteiger partial charge in [0.05, 0.1) is 5.52 Å². The molecular formula is C36H30N2. The van der Waals surface area contributed by atoms with E-state index in [-0.39, 0.29) is 5.41 Å². The van der Waals surface area contributed by atoms with Gasteiger partial charge >= 0.3 is 0 Å². The van der Waals surface area contributed by atoms with Gasteiger partial charge in [0.1, 0.15) is 0 Å². The summed E-state index contributed by atoms with van der Waals surface area (Å²) in [5.74, 6) is 0. The van der Waals surface area contributed by atoms with E-state index in [0.717, 1.165) is 11.4 Å². The van der Waals surface area contributed by atoms with E-state index in [4.69, 9.17) is 0 Å². The summed E-state index contributed by atoms with van der Waals surface area (Å²) in [5.41, 5.74) is 12.5. The monoisotopic (exact) mass is 490 g/mol. The lowest BCUT2D eigenvalue weighted by atomic mass is 9.82. The summed E-state index contributed by atoms with van der Waals surface area (Å²) in [6.45, 7) is 6.92. The molecule has 0 radical (unpaired) electrons. The first-order valence-electron chi connectivity index (χ1n) is 13.3. The predicted molar refractivity (Wildman–Crippen MR) is 160 cm³/mol. The Bertz CT molecular complexity index is 1750. The van der Waals surface area contributed by atoms with Crippen LogP contribution < -0.4 is 4.90 Å². The summed E-state index contributed by atoms with van der Waals surface area (Å²) >= 11 is 0. The number of hydrogen-bond donors (Lipinski definition) is 0. The first kappa shape index (κ1) is 22.6. The van der Waals surface area contributed by atoms with Crippen LogP contribution in [0.1, 0.15) is 30.7 Å². The molecule has 2 nitrogen and oxygen atoms in total. The molecule has 0 unspecified atom stereocenters. The van der Waals surface area contributed by atoms with Crippen molar-refractivity contribution < 1.29 is 0 Å². The van der Waals surface area contributed by atoms with Crippen molar-refractivity contribution in [3.05, 3.63) is 144 Å². The fraction of sp³-hybridized carbons (Fsp3) is 0.111. The quantitative estimate of drug-likeness (QED) is 0.239. The Morgan fingerprint density at radius 3 is 1.82 bits per heavy atom. The molecule has 5 aromatic carbocycles. The summed E-state index contributed by atoms with van der Waals surface area (Å²) in [4.78, 5) is 2.35. The molecule has 184 valence electrons. The maximum atomic E-state index is 2.40. The number of nitrogens with zero attached hydrogens (tertiary/aromatic N) is 2. The zero-order chi connectivity index (χ0) is 25.9. The molecule has 1 aliphatic rings. The summed E-state index contributed by atoms with van der Waals surface area (Å²) in [6.07, 6.45) is 0. The van der Waals surface area contributed by atoms with Crippen molar-refractivity contribution in [2.24, 2.45) is 0 Å². The highest BCUT2D eigenvalue weighted by Crippen LogP contribution is 2.51. The highest BCUT2D eigenvalue weighted by molar-refractivity contribution is 5.87. The Labute approximate surface area is 224 Å². The molecular weight excluding hydrogens is 460 g/mol. The molecule has 1 aromatic heterocycles. The molecule has 1 aliphatic carbocycles. The second-order valence-electron chi connectivity index (χ2n) is 10.8. The Morgan fingerprint density at radius 2 is 1.13 bits per heavy atom. The largest absolute Gasteiger partial charge is 0.314 e. The average Bonchev–Trinajstić information content (AvgIpc) is 3.40. The lowest BCUT2D eigenvalue weighted by Crippen LogP contribution is -2.17. The molecule has 38 heavy (non-hydrogen) atoms. The van der Waals surface area contributed by atoms with Gasteiger partial charge in [-0.15, -0.1) is 0 Å². The predicted octanol–water partition coefficient (Wildman–Crippen LogP) is 9.72. The molecule has 6 aromatic rings. The van der Waals surface area contributed by atoms with Crippen LogP contribution in [0.3, 0.4) is 0 Å². The summed E-state index contributed by atoms with van der Waals surface area (Å²) in [5, 5.41) is 1.28. The van der Waals surface area contributed by atoms with Gasteiger partial charge in [0.25, 0.3) is 0 Å². The standard InChI is InChI=1S/C36H30N2/c1-25-22-26-12-10-11-17-35(26)37(25)29-18-20-31-32-21-19-30(24-34(32)36(2,3)33(31)23-29)38(27-13-6-4-7-14-27)28-15-8-5-9-16-28/h4-24H,1-3H3. The number of fused-ring (bicyclic) bond motifs is 4. The minimum absolute atomic E-state index is 0.118. The van der Waals surface area contributed by atoms with Crippen LogP contribution in [-0.2, 0) is 5.41 Å². The van der Waals surface area contributed by atoms with Crippen molar-refractivity contribution >= 4 is 28.0 Å². The third-order valence-electron chi connectivity index (χ3n) is 8.08. The molecule has 0 atom stereocenters. The van der Waals surface area contributed by atoms with Gasteiger partial charge in [0, 0.05) is 39.2 Å². The first-order chi connectivity index (χ1) is 18.5. The number of aryl methyl sites for hydroxylation is 1. The Balaban J connectivity index is 1.36. The van der Waals surface area contributed by atoms with Gasteiger partial charge in [-0.2, -0.15) is 0 Å². The molecule has 0 fully saturated rings. The van der Waals surface area contributed by atoms with Crippen LogP contribution in [0.4, 0.5) is 17.1 Å². The summed E-state index contributed by atoms with van der Waals surface area (Å²) in [6, 6.07) is 46.1. The van der Waals surface area contributed by atoms with E-state index in [0.29, 0.717) is 0 Å². The van der Waals surface area contributed by atoms with E-state index in [1.165, 1.54) is 50.2 Å². The Morgan fingerprint density at radius 1 is 0.553 bits per heavy atom. The molecule has 0 saturated carbocycles. The zero-order valence-electron chi connectivity index (χ0n) is 22.0. The summed E-state index contributed by atoms with van der Waals surface area (Å²) < 4.78 is 2.38. The van der Waals surface area contributed by atoms with E-state index >= 15 is 0 Å². The molecule has 1 heterocycles. The number of aromatic nitrogens is 1. The van der Waals surface area contributed by atoms with E-state index in [2.05, 4.69) is 158 Å². The van der Waals surface area contributed by atoms with E-state index in [1.54, 1.807) is 0 Å². The molecule has 0 aliphatic heterocycles. The second kappa shape index (κ2) is 8.49. The fourth-order valence-electron chi connectivity index (χ4n) is 6.23. The number of hydrogen-bond acceptors (Lipinski definition) is 1. The molecule has 2 heteroatoms. The van der Waals surface area contributed by atoms with Crippen molar-refractivity contribution in [2.45, 2.75) is 26.2 Å². The van der Waals surface area contributed by atoms with Crippen molar-refractivity contribution in [1.29, 1.82) is 0 Å². The van der Waals surface area contributed by atoms with Crippen molar-refractivity contribution in [3.8, 4) is 16.8 Å². The molecule has 0 saturated heterocycles. The number of rotatable bonds is 4. The van der Waals surface area contributed by atoms with E-state index < -0.39 is 0 Å². The number of anilines is 3. The summed E-state index contributed by atoms with van der Waals surface area (Å²) in [7, 11) is 0. The first-order valence-corrected chi connectivity index (χ1v) is 13.3. The molecule has 0 amide bonds. The highest BCUT2D eigenvalue weighted by atomic mass is 15.1. The molecule has 0 spiro atoms. The van der Waals surface area contributed by atoms with Crippen LogP contribution in [0.25, 0.3) is 27.7 Å². The molecule has 0 N–H and O–H groups in total. The van der Waals surface area contributed by atoms with Crippen LogP contribution in [0.2, 0.25) is 0 Å².